The molecule has 1 saturated heterocycles. The lowest BCUT2D eigenvalue weighted by Crippen LogP contribution is -2.49. The second-order valence-electron chi connectivity index (χ2n) is 6.51. The Morgan fingerprint density at radius 2 is 1.80 bits per heavy atom. The molecule has 0 bridgehead atoms. The van der Waals surface area contributed by atoms with Crippen molar-refractivity contribution in [3.8, 4) is 0 Å². The van der Waals surface area contributed by atoms with Crippen LogP contribution in [0.4, 0.5) is 16.2 Å². The van der Waals surface area contributed by atoms with Crippen molar-refractivity contribution in [2.75, 3.05) is 56.7 Å². The van der Waals surface area contributed by atoms with E-state index in [9.17, 15) is 9.59 Å². The average molecular weight is 346 g/mol. The molecule has 2 fully saturated rings. The first-order valence-corrected chi connectivity index (χ1v) is 8.85. The molecule has 0 spiro atoms. The third kappa shape index (κ3) is 4.85. The van der Waals surface area contributed by atoms with E-state index in [0.29, 0.717) is 25.0 Å². The number of hydrogen-bond donors (Lipinski definition) is 2. The van der Waals surface area contributed by atoms with Crippen LogP contribution in [-0.4, -0.2) is 63.3 Å². The number of piperazine rings is 1. The van der Waals surface area contributed by atoms with Gasteiger partial charge in [0.2, 0.25) is 5.91 Å². The van der Waals surface area contributed by atoms with Crippen molar-refractivity contribution in [1.82, 2.24) is 10.2 Å². The molecule has 7 nitrogen and oxygen atoms in total. The van der Waals surface area contributed by atoms with Gasteiger partial charge in [-0.25, -0.2) is 4.79 Å². The fraction of sp³-hybridized carbons (Fsp3) is 0.556. The van der Waals surface area contributed by atoms with Crippen LogP contribution in [0.3, 0.4) is 0 Å². The molecule has 1 aromatic rings. The maximum Gasteiger partial charge on any atom is 0.319 e. The van der Waals surface area contributed by atoms with Crippen LogP contribution < -0.4 is 15.5 Å². The first kappa shape index (κ1) is 17.5. The monoisotopic (exact) mass is 346 g/mol. The minimum atomic E-state index is -0.239. The van der Waals surface area contributed by atoms with Gasteiger partial charge in [0.25, 0.3) is 0 Å². The molecule has 1 saturated carbocycles. The summed E-state index contributed by atoms with van der Waals surface area (Å²) in [5.74, 6) is 0.630. The van der Waals surface area contributed by atoms with Crippen LogP contribution in [0, 0.1) is 5.92 Å². The van der Waals surface area contributed by atoms with E-state index < -0.39 is 0 Å². The van der Waals surface area contributed by atoms with Crippen molar-refractivity contribution in [2.45, 2.75) is 12.8 Å². The molecular formula is C18H26N4O3. The van der Waals surface area contributed by atoms with Gasteiger partial charge in [-0.15, -0.1) is 0 Å². The Hall–Kier alpha value is -2.28. The van der Waals surface area contributed by atoms with Gasteiger partial charge in [-0.05, 0) is 37.1 Å². The van der Waals surface area contributed by atoms with E-state index in [2.05, 4.69) is 15.5 Å². The van der Waals surface area contributed by atoms with Gasteiger partial charge >= 0.3 is 6.03 Å². The summed E-state index contributed by atoms with van der Waals surface area (Å²) in [6, 6.07) is 7.56. The molecule has 3 amide bonds. The predicted octanol–water partition coefficient (Wildman–Crippen LogP) is 1.51. The first-order chi connectivity index (χ1) is 12.2. The van der Waals surface area contributed by atoms with Gasteiger partial charge in [-0.2, -0.15) is 0 Å². The quantitative estimate of drug-likeness (QED) is 0.766. The minimum absolute atomic E-state index is 0.239. The standard InChI is InChI=1S/C18H26N4O3/c1-25-13-8-19-18(24)20-15-4-6-16(7-5-15)21-9-11-22(12-10-21)17(23)14-2-3-14/h4-7,14H,2-3,8-13H2,1H3,(H2,19,20,24). The van der Waals surface area contributed by atoms with Crippen molar-refractivity contribution in [1.29, 1.82) is 0 Å². The van der Waals surface area contributed by atoms with Gasteiger partial charge in [-0.3, -0.25) is 4.79 Å². The number of hydrogen-bond acceptors (Lipinski definition) is 4. The summed E-state index contributed by atoms with van der Waals surface area (Å²) in [7, 11) is 1.60. The fourth-order valence-electron chi connectivity index (χ4n) is 2.97. The molecular weight excluding hydrogens is 320 g/mol. The van der Waals surface area contributed by atoms with Crippen LogP contribution in [-0.2, 0) is 9.53 Å². The topological polar surface area (TPSA) is 73.9 Å². The number of urea groups is 1. The number of amides is 3. The Bertz CT molecular complexity index is 593. The highest BCUT2D eigenvalue weighted by atomic mass is 16.5. The second kappa shape index (κ2) is 8.20. The highest BCUT2D eigenvalue weighted by molar-refractivity contribution is 5.89. The Balaban J connectivity index is 1.46. The summed E-state index contributed by atoms with van der Waals surface area (Å²) in [6.45, 7) is 4.24. The highest BCUT2D eigenvalue weighted by Gasteiger charge is 2.34. The zero-order valence-electron chi connectivity index (χ0n) is 14.7. The predicted molar refractivity (Wildman–Crippen MR) is 96.9 cm³/mol. The summed E-state index contributed by atoms with van der Waals surface area (Å²) >= 11 is 0. The van der Waals surface area contributed by atoms with Gasteiger partial charge in [0.05, 0.1) is 6.61 Å². The van der Waals surface area contributed by atoms with Crippen LogP contribution >= 0.6 is 0 Å². The number of ether oxygens (including phenoxy) is 1. The lowest BCUT2D eigenvalue weighted by Gasteiger charge is -2.36. The van der Waals surface area contributed by atoms with Crippen molar-refractivity contribution in [2.24, 2.45) is 5.92 Å². The fourth-order valence-corrected chi connectivity index (χ4v) is 2.97. The van der Waals surface area contributed by atoms with E-state index >= 15 is 0 Å². The number of benzene rings is 1. The van der Waals surface area contributed by atoms with Gasteiger partial charge in [0, 0.05) is 57.1 Å². The molecule has 2 aliphatic rings. The van der Waals surface area contributed by atoms with E-state index in [1.807, 2.05) is 29.2 Å². The maximum atomic E-state index is 12.1. The zero-order valence-corrected chi connectivity index (χ0v) is 14.7. The molecule has 7 heteroatoms. The molecule has 2 N–H and O–H groups in total. The van der Waals surface area contributed by atoms with E-state index in [0.717, 1.165) is 50.4 Å². The maximum absolute atomic E-state index is 12.1. The van der Waals surface area contributed by atoms with E-state index in [1.54, 1.807) is 7.11 Å². The van der Waals surface area contributed by atoms with Crippen LogP contribution in [0.25, 0.3) is 0 Å². The molecule has 136 valence electrons. The second-order valence-corrected chi connectivity index (χ2v) is 6.51. The van der Waals surface area contributed by atoms with E-state index in [4.69, 9.17) is 4.74 Å². The third-order valence-electron chi connectivity index (χ3n) is 4.60. The average Bonchev–Trinajstić information content (AvgIpc) is 3.47. The van der Waals surface area contributed by atoms with Crippen molar-refractivity contribution in [3.63, 3.8) is 0 Å². The molecule has 1 heterocycles. The van der Waals surface area contributed by atoms with Gasteiger partial charge in [-0.1, -0.05) is 0 Å². The summed E-state index contributed by atoms with van der Waals surface area (Å²) in [4.78, 5) is 28.1. The van der Waals surface area contributed by atoms with E-state index in [-0.39, 0.29) is 6.03 Å². The van der Waals surface area contributed by atoms with Gasteiger partial charge in [0.1, 0.15) is 0 Å². The third-order valence-corrected chi connectivity index (χ3v) is 4.60. The first-order valence-electron chi connectivity index (χ1n) is 8.85. The lowest BCUT2D eigenvalue weighted by molar-refractivity contribution is -0.132. The SMILES string of the molecule is COCCNC(=O)Nc1ccc(N2CCN(C(=O)C3CC3)CC2)cc1. The molecule has 3 rings (SSSR count). The van der Waals surface area contributed by atoms with E-state index in [1.165, 1.54) is 0 Å². The van der Waals surface area contributed by atoms with Crippen molar-refractivity contribution < 1.29 is 14.3 Å². The Morgan fingerprint density at radius 3 is 2.40 bits per heavy atom. The number of rotatable bonds is 6. The number of carbonyl (C=O) groups excluding carboxylic acids is 2. The normalized spacial score (nSPS) is 17.3. The Labute approximate surface area is 148 Å². The summed E-state index contributed by atoms with van der Waals surface area (Å²) < 4.78 is 4.89. The molecule has 1 aliphatic heterocycles. The van der Waals surface area contributed by atoms with Crippen molar-refractivity contribution in [3.05, 3.63) is 24.3 Å². The van der Waals surface area contributed by atoms with Crippen LogP contribution in [0.1, 0.15) is 12.8 Å². The molecule has 0 aromatic heterocycles. The zero-order chi connectivity index (χ0) is 17.6. The molecule has 0 atom stereocenters. The van der Waals surface area contributed by atoms with Crippen LogP contribution in [0.2, 0.25) is 0 Å². The lowest BCUT2D eigenvalue weighted by atomic mass is 10.2. The van der Waals surface area contributed by atoms with Crippen LogP contribution in [0.5, 0.6) is 0 Å². The summed E-state index contributed by atoms with van der Waals surface area (Å²) in [6.07, 6.45) is 2.12. The largest absolute Gasteiger partial charge is 0.383 e. The Kier molecular flexibility index (Phi) is 5.75. The number of nitrogens with one attached hydrogen (secondary N) is 2. The van der Waals surface area contributed by atoms with Crippen LogP contribution in [0.15, 0.2) is 24.3 Å². The number of nitrogens with zero attached hydrogens (tertiary/aromatic N) is 2. The molecule has 25 heavy (non-hydrogen) atoms. The minimum Gasteiger partial charge on any atom is -0.383 e. The summed E-state index contributed by atoms with van der Waals surface area (Å²) in [5.41, 5.74) is 1.87. The number of methoxy groups -OCH3 is 1. The highest BCUT2D eigenvalue weighted by Crippen LogP contribution is 2.31. The number of anilines is 2. The Morgan fingerprint density at radius 1 is 1.12 bits per heavy atom. The summed E-state index contributed by atoms with van der Waals surface area (Å²) in [5, 5.41) is 5.51. The van der Waals surface area contributed by atoms with Gasteiger partial charge in [0.15, 0.2) is 0 Å². The number of carbonyl (C=O) groups is 2. The molecule has 0 radical (unpaired) electrons. The molecule has 1 aromatic carbocycles. The van der Waals surface area contributed by atoms with Gasteiger partial charge < -0.3 is 25.2 Å². The van der Waals surface area contributed by atoms with Crippen molar-refractivity contribution >= 4 is 23.3 Å². The molecule has 0 unspecified atom stereocenters. The molecule has 1 aliphatic carbocycles. The smallest absolute Gasteiger partial charge is 0.319 e.